The molecule has 6 nitrogen and oxygen atoms in total. The van der Waals surface area contributed by atoms with Gasteiger partial charge < -0.3 is 19.9 Å². The Labute approximate surface area is 172 Å². The third-order valence-electron chi connectivity index (χ3n) is 4.19. The Hall–Kier alpha value is -1.77. The first-order valence-electron chi connectivity index (χ1n) is 8.55. The van der Waals surface area contributed by atoms with Crippen LogP contribution in [0.4, 0.5) is 0 Å². The van der Waals surface area contributed by atoms with Gasteiger partial charge >= 0.3 is 0 Å². The highest BCUT2D eigenvalue weighted by molar-refractivity contribution is 14.0. The highest BCUT2D eigenvalue weighted by Crippen LogP contribution is 2.19. The topological polar surface area (TPSA) is 71.7 Å². The molecule has 0 aliphatic rings. The predicted molar refractivity (Wildman–Crippen MR) is 116 cm³/mol. The summed E-state index contributed by atoms with van der Waals surface area (Å²) in [4.78, 5) is 4.27. The molecule has 26 heavy (non-hydrogen) atoms. The number of hydrogen-bond acceptors (Lipinski definition) is 4. The maximum atomic E-state index is 5.44. The van der Waals surface area contributed by atoms with Gasteiger partial charge in [-0.25, -0.2) is 0 Å². The van der Waals surface area contributed by atoms with Crippen LogP contribution in [0.25, 0.3) is 0 Å². The molecule has 0 saturated heterocycles. The number of benzene rings is 1. The first-order chi connectivity index (χ1) is 12.0. The molecule has 0 radical (unpaired) electrons. The molecular weight excluding hydrogens is 443 g/mol. The fourth-order valence-corrected chi connectivity index (χ4v) is 2.73. The van der Waals surface area contributed by atoms with Crippen molar-refractivity contribution in [3.8, 4) is 5.75 Å². The Morgan fingerprint density at radius 3 is 2.62 bits per heavy atom. The minimum Gasteiger partial charge on any atom is -0.496 e. The van der Waals surface area contributed by atoms with Crippen molar-refractivity contribution in [3.63, 3.8) is 0 Å². The second-order valence-electron chi connectivity index (χ2n) is 6.07. The SMILES string of the molecule is CN=C(NCCCc1c(C)noc1C)NCc1ccc(C)cc1OC.I. The molecule has 0 aliphatic heterocycles. The van der Waals surface area contributed by atoms with Crippen LogP contribution in [0.5, 0.6) is 5.75 Å². The average Bonchev–Trinajstić information content (AvgIpc) is 2.93. The van der Waals surface area contributed by atoms with Crippen LogP contribution in [0.1, 0.15) is 34.6 Å². The van der Waals surface area contributed by atoms with Crippen LogP contribution in [0.15, 0.2) is 27.7 Å². The van der Waals surface area contributed by atoms with Crippen LogP contribution < -0.4 is 15.4 Å². The number of ether oxygens (including phenoxy) is 1. The monoisotopic (exact) mass is 472 g/mol. The summed E-state index contributed by atoms with van der Waals surface area (Å²) in [5.41, 5.74) is 4.47. The summed E-state index contributed by atoms with van der Waals surface area (Å²) in [7, 11) is 3.47. The van der Waals surface area contributed by atoms with E-state index in [1.165, 1.54) is 11.1 Å². The summed E-state index contributed by atoms with van der Waals surface area (Å²) in [6.07, 6.45) is 1.92. The number of aryl methyl sites for hydroxylation is 3. The molecule has 0 saturated carbocycles. The number of aliphatic imine (C=N–C) groups is 1. The number of methoxy groups -OCH3 is 1. The van der Waals surface area contributed by atoms with E-state index >= 15 is 0 Å². The van der Waals surface area contributed by atoms with Crippen LogP contribution in [-0.2, 0) is 13.0 Å². The smallest absolute Gasteiger partial charge is 0.191 e. The molecule has 1 aromatic carbocycles. The van der Waals surface area contributed by atoms with Crippen LogP contribution >= 0.6 is 24.0 Å². The van der Waals surface area contributed by atoms with Gasteiger partial charge in [-0.05, 0) is 45.2 Å². The van der Waals surface area contributed by atoms with E-state index in [0.717, 1.165) is 48.1 Å². The van der Waals surface area contributed by atoms with Crippen molar-refractivity contribution in [2.24, 2.45) is 4.99 Å². The molecule has 0 unspecified atom stereocenters. The molecule has 1 heterocycles. The first-order valence-corrected chi connectivity index (χ1v) is 8.55. The quantitative estimate of drug-likeness (QED) is 0.279. The first kappa shape index (κ1) is 22.3. The Morgan fingerprint density at radius 2 is 2.00 bits per heavy atom. The Kier molecular flexibility index (Phi) is 9.47. The van der Waals surface area contributed by atoms with Gasteiger partial charge in [-0.15, -0.1) is 24.0 Å². The van der Waals surface area contributed by atoms with Crippen molar-refractivity contribution in [2.45, 2.75) is 40.2 Å². The Morgan fingerprint density at radius 1 is 1.23 bits per heavy atom. The number of nitrogens with zero attached hydrogens (tertiary/aromatic N) is 2. The molecule has 0 aliphatic carbocycles. The normalized spacial score (nSPS) is 11.0. The highest BCUT2D eigenvalue weighted by Gasteiger charge is 2.08. The summed E-state index contributed by atoms with van der Waals surface area (Å²) in [5, 5.41) is 10.6. The maximum Gasteiger partial charge on any atom is 0.191 e. The largest absolute Gasteiger partial charge is 0.496 e. The maximum absolute atomic E-state index is 5.44. The van der Waals surface area contributed by atoms with E-state index in [-0.39, 0.29) is 24.0 Å². The van der Waals surface area contributed by atoms with E-state index in [4.69, 9.17) is 9.26 Å². The second kappa shape index (κ2) is 11.1. The molecule has 0 spiro atoms. The minimum atomic E-state index is 0. The van der Waals surface area contributed by atoms with Gasteiger partial charge in [0.05, 0.1) is 12.8 Å². The van der Waals surface area contributed by atoms with Crippen LogP contribution in [-0.4, -0.2) is 31.8 Å². The predicted octanol–water partition coefficient (Wildman–Crippen LogP) is 3.52. The molecule has 2 aromatic rings. The van der Waals surface area contributed by atoms with Crippen LogP contribution in [0.2, 0.25) is 0 Å². The zero-order valence-corrected chi connectivity index (χ0v) is 18.5. The summed E-state index contributed by atoms with van der Waals surface area (Å²) < 4.78 is 10.6. The number of rotatable bonds is 7. The third kappa shape index (κ3) is 6.19. The zero-order valence-electron chi connectivity index (χ0n) is 16.2. The number of aromatic nitrogens is 1. The second-order valence-corrected chi connectivity index (χ2v) is 6.07. The molecule has 2 N–H and O–H groups in total. The lowest BCUT2D eigenvalue weighted by molar-refractivity contribution is 0.392. The van der Waals surface area contributed by atoms with Gasteiger partial charge in [-0.1, -0.05) is 17.3 Å². The highest BCUT2D eigenvalue weighted by atomic mass is 127. The lowest BCUT2D eigenvalue weighted by Crippen LogP contribution is -2.37. The van der Waals surface area contributed by atoms with Gasteiger partial charge in [0.1, 0.15) is 11.5 Å². The molecule has 0 atom stereocenters. The van der Waals surface area contributed by atoms with Crippen molar-refractivity contribution in [1.82, 2.24) is 15.8 Å². The van der Waals surface area contributed by atoms with Crippen LogP contribution in [0.3, 0.4) is 0 Å². The molecule has 7 heteroatoms. The fraction of sp³-hybridized carbons (Fsp3) is 0.474. The van der Waals surface area contributed by atoms with E-state index in [0.29, 0.717) is 6.54 Å². The number of hydrogen-bond donors (Lipinski definition) is 2. The summed E-state index contributed by atoms with van der Waals surface area (Å²) in [6, 6.07) is 6.20. The van der Waals surface area contributed by atoms with Crippen molar-refractivity contribution >= 4 is 29.9 Å². The van der Waals surface area contributed by atoms with Crippen molar-refractivity contribution < 1.29 is 9.26 Å². The van der Waals surface area contributed by atoms with Crippen LogP contribution in [0, 0.1) is 20.8 Å². The van der Waals surface area contributed by atoms with Gasteiger partial charge in [-0.3, -0.25) is 4.99 Å². The van der Waals surface area contributed by atoms with E-state index < -0.39 is 0 Å². The van der Waals surface area contributed by atoms with Gasteiger partial charge in [0.2, 0.25) is 0 Å². The number of nitrogens with one attached hydrogen (secondary N) is 2. The molecule has 144 valence electrons. The molecule has 0 amide bonds. The summed E-state index contributed by atoms with van der Waals surface area (Å²) >= 11 is 0. The van der Waals surface area contributed by atoms with Gasteiger partial charge in [0, 0.05) is 31.3 Å². The number of guanidine groups is 1. The summed E-state index contributed by atoms with van der Waals surface area (Å²) in [5.74, 6) is 2.58. The molecular formula is C19H29IN4O2. The standard InChI is InChI=1S/C19H28N4O2.HI/c1-13-8-9-16(18(11-13)24-5)12-22-19(20-4)21-10-6-7-17-14(2)23-25-15(17)3;/h8-9,11H,6-7,10,12H2,1-5H3,(H2,20,21,22);1H. The van der Waals surface area contributed by atoms with Gasteiger partial charge in [-0.2, -0.15) is 0 Å². The van der Waals surface area contributed by atoms with E-state index in [2.05, 4.69) is 39.8 Å². The fourth-order valence-electron chi connectivity index (χ4n) is 2.73. The lowest BCUT2D eigenvalue weighted by Gasteiger charge is -2.14. The summed E-state index contributed by atoms with van der Waals surface area (Å²) in [6.45, 7) is 7.48. The van der Waals surface area contributed by atoms with Crippen molar-refractivity contribution in [2.75, 3.05) is 20.7 Å². The van der Waals surface area contributed by atoms with E-state index in [9.17, 15) is 0 Å². The average molecular weight is 472 g/mol. The van der Waals surface area contributed by atoms with Crippen molar-refractivity contribution in [1.29, 1.82) is 0 Å². The molecule has 0 fully saturated rings. The van der Waals surface area contributed by atoms with Gasteiger partial charge in [0.25, 0.3) is 0 Å². The van der Waals surface area contributed by atoms with Gasteiger partial charge in [0.15, 0.2) is 5.96 Å². The van der Waals surface area contributed by atoms with E-state index in [1.54, 1.807) is 14.2 Å². The lowest BCUT2D eigenvalue weighted by atomic mass is 10.1. The van der Waals surface area contributed by atoms with E-state index in [1.807, 2.05) is 19.9 Å². The molecule has 2 rings (SSSR count). The third-order valence-corrected chi connectivity index (χ3v) is 4.19. The minimum absolute atomic E-state index is 0. The molecule has 0 bridgehead atoms. The Bertz CT molecular complexity index is 709. The molecule has 1 aromatic heterocycles. The van der Waals surface area contributed by atoms with Crippen molar-refractivity contribution in [3.05, 3.63) is 46.3 Å². The zero-order chi connectivity index (χ0) is 18.2. The Balaban J connectivity index is 0.00000338. The number of halogens is 1.